The summed E-state index contributed by atoms with van der Waals surface area (Å²) in [4.78, 5) is 26.1. The molecule has 0 N–H and O–H groups in total. The molecule has 146 valence electrons. The Morgan fingerprint density at radius 1 is 0.778 bits per heavy atom. The fraction of sp³-hybridized carbons (Fsp3) is 0.500. The summed E-state index contributed by atoms with van der Waals surface area (Å²) in [7, 11) is 0. The molecular weight excluding hydrogens is 510 g/mol. The maximum absolute atomic E-state index is 13.0. The molecule has 3 nitrogen and oxygen atoms in total. The number of thiophene rings is 2. The number of rotatable bonds is 9. The molecule has 7 heteroatoms. The Bertz CT molecular complexity index is 979. The molecule has 0 spiro atoms. The van der Waals surface area contributed by atoms with E-state index in [0.717, 1.165) is 29.8 Å². The van der Waals surface area contributed by atoms with Crippen molar-refractivity contribution in [1.82, 2.24) is 4.57 Å². The molecule has 0 fully saturated rings. The van der Waals surface area contributed by atoms with Gasteiger partial charge in [0.05, 0.1) is 27.7 Å². The van der Waals surface area contributed by atoms with Gasteiger partial charge in [0, 0.05) is 6.54 Å². The molecule has 0 amide bonds. The van der Waals surface area contributed by atoms with Crippen LogP contribution in [0.15, 0.2) is 29.3 Å². The minimum absolute atomic E-state index is 0.167. The van der Waals surface area contributed by atoms with Crippen LogP contribution >= 0.6 is 54.5 Å². The van der Waals surface area contributed by atoms with Crippen molar-refractivity contribution in [2.75, 3.05) is 0 Å². The molecule has 0 aliphatic carbocycles. The predicted molar refractivity (Wildman–Crippen MR) is 126 cm³/mol. The Hall–Kier alpha value is -0.500. The highest BCUT2D eigenvalue weighted by Crippen LogP contribution is 2.37. The standard InChI is InChI=1S/C20H23Br2NO2S2/c1-2-3-4-5-6-7-8-9-10-23-19(24)13-11-15(21)26-17(13)18-14(20(23)25)12-16(22)27-18/h11-12H,2-10H2,1H3. The Morgan fingerprint density at radius 3 is 1.70 bits per heavy atom. The summed E-state index contributed by atoms with van der Waals surface area (Å²) in [6, 6.07) is 3.69. The smallest absolute Gasteiger partial charge is 0.262 e. The van der Waals surface area contributed by atoms with E-state index >= 15 is 0 Å². The fourth-order valence-corrected chi connectivity index (χ4v) is 6.71. The summed E-state index contributed by atoms with van der Waals surface area (Å²) in [5.41, 5.74) is -0.334. The lowest BCUT2D eigenvalue weighted by atomic mass is 10.1. The Labute approximate surface area is 183 Å². The lowest BCUT2D eigenvalue weighted by Gasteiger charge is -2.03. The van der Waals surface area contributed by atoms with Gasteiger partial charge in [0.15, 0.2) is 0 Å². The zero-order chi connectivity index (χ0) is 19.4. The Balaban J connectivity index is 1.84. The molecule has 3 rings (SSSR count). The number of halogens is 2. The highest BCUT2D eigenvalue weighted by molar-refractivity contribution is 9.11. The van der Waals surface area contributed by atoms with Gasteiger partial charge in [-0.3, -0.25) is 14.2 Å². The average Bonchev–Trinajstić information content (AvgIpc) is 3.20. The number of hydrogen-bond acceptors (Lipinski definition) is 4. The molecule has 3 aromatic rings. The summed E-state index contributed by atoms with van der Waals surface area (Å²) in [6.07, 6.45) is 9.51. The van der Waals surface area contributed by atoms with E-state index in [1.165, 1.54) is 65.8 Å². The summed E-state index contributed by atoms with van der Waals surface area (Å²) in [5, 5.41) is 1.26. The van der Waals surface area contributed by atoms with Gasteiger partial charge in [-0.15, -0.1) is 22.7 Å². The largest absolute Gasteiger partial charge is 0.274 e. The van der Waals surface area contributed by atoms with Gasteiger partial charge in [-0.2, -0.15) is 0 Å². The minimum atomic E-state index is -0.167. The van der Waals surface area contributed by atoms with Gasteiger partial charge < -0.3 is 0 Å². The van der Waals surface area contributed by atoms with Crippen molar-refractivity contribution in [3.8, 4) is 0 Å². The molecule has 0 radical (unpaired) electrons. The molecular formula is C20H23Br2NO2S2. The monoisotopic (exact) mass is 531 g/mol. The Morgan fingerprint density at radius 2 is 1.22 bits per heavy atom. The number of fused-ring (bicyclic) bond motifs is 3. The summed E-state index contributed by atoms with van der Waals surface area (Å²) < 4.78 is 5.06. The number of nitrogens with zero attached hydrogens (tertiary/aromatic N) is 1. The van der Waals surface area contributed by atoms with Gasteiger partial charge >= 0.3 is 0 Å². The average molecular weight is 533 g/mol. The zero-order valence-electron chi connectivity index (χ0n) is 15.4. The molecule has 0 aliphatic heterocycles. The van der Waals surface area contributed by atoms with E-state index in [4.69, 9.17) is 0 Å². The summed E-state index contributed by atoms with van der Waals surface area (Å²) in [6.45, 7) is 2.72. The highest BCUT2D eigenvalue weighted by Gasteiger charge is 2.15. The van der Waals surface area contributed by atoms with Crippen molar-refractivity contribution in [1.29, 1.82) is 0 Å². The van der Waals surface area contributed by atoms with Crippen LogP contribution in [0.2, 0.25) is 0 Å². The second kappa shape index (κ2) is 9.81. The second-order valence-corrected chi connectivity index (χ2v) is 11.7. The molecule has 0 saturated carbocycles. The van der Waals surface area contributed by atoms with Crippen molar-refractivity contribution < 1.29 is 0 Å². The molecule has 0 unspecified atom stereocenters. The number of aromatic nitrogens is 1. The summed E-state index contributed by atoms with van der Waals surface area (Å²) in [5.74, 6) is 0. The van der Waals surface area contributed by atoms with Gasteiger partial charge in [0.1, 0.15) is 0 Å². The SMILES string of the molecule is CCCCCCCCCCn1c(=O)c2cc(Br)sc2c2sc(Br)cc2c1=O. The zero-order valence-corrected chi connectivity index (χ0v) is 20.2. The van der Waals surface area contributed by atoms with E-state index in [0.29, 0.717) is 17.3 Å². The maximum Gasteiger partial charge on any atom is 0.262 e. The van der Waals surface area contributed by atoms with Crippen LogP contribution in [-0.4, -0.2) is 4.57 Å². The van der Waals surface area contributed by atoms with Gasteiger partial charge in [-0.05, 0) is 50.4 Å². The highest BCUT2D eigenvalue weighted by atomic mass is 79.9. The molecule has 3 heterocycles. The second-order valence-electron chi connectivity index (χ2n) is 6.82. The third-order valence-electron chi connectivity index (χ3n) is 4.80. The topological polar surface area (TPSA) is 39.1 Å². The van der Waals surface area contributed by atoms with Gasteiger partial charge in [0.2, 0.25) is 0 Å². The fourth-order valence-electron chi connectivity index (χ4n) is 3.37. The van der Waals surface area contributed by atoms with Gasteiger partial charge in [-0.25, -0.2) is 0 Å². The molecule has 0 aliphatic rings. The Kier molecular flexibility index (Phi) is 7.71. The summed E-state index contributed by atoms with van der Waals surface area (Å²) >= 11 is 10.0. The molecule has 0 saturated heterocycles. The third-order valence-corrected chi connectivity index (χ3v) is 8.24. The van der Waals surface area contributed by atoms with Crippen molar-refractivity contribution >= 4 is 74.7 Å². The first-order valence-electron chi connectivity index (χ1n) is 9.48. The van der Waals surface area contributed by atoms with Crippen LogP contribution in [0.4, 0.5) is 0 Å². The molecule has 3 aromatic heterocycles. The first-order valence-corrected chi connectivity index (χ1v) is 12.7. The first-order chi connectivity index (χ1) is 13.0. The lowest BCUT2D eigenvalue weighted by Crippen LogP contribution is -2.30. The van der Waals surface area contributed by atoms with Crippen molar-refractivity contribution in [2.24, 2.45) is 0 Å². The van der Waals surface area contributed by atoms with Crippen LogP contribution in [0.1, 0.15) is 58.3 Å². The van der Waals surface area contributed by atoms with Gasteiger partial charge in [-0.1, -0.05) is 51.9 Å². The van der Waals surface area contributed by atoms with E-state index in [1.54, 1.807) is 0 Å². The van der Waals surface area contributed by atoms with Crippen molar-refractivity contribution in [3.63, 3.8) is 0 Å². The number of unbranched alkanes of at least 4 members (excludes halogenated alkanes) is 7. The normalized spacial score (nSPS) is 11.7. The third kappa shape index (κ3) is 4.92. The van der Waals surface area contributed by atoms with Crippen LogP contribution in [0.25, 0.3) is 20.2 Å². The minimum Gasteiger partial charge on any atom is -0.274 e. The predicted octanol–water partition coefficient (Wildman–Crippen LogP) is 7.30. The maximum atomic E-state index is 13.0. The van der Waals surface area contributed by atoms with Crippen molar-refractivity contribution in [2.45, 2.75) is 64.8 Å². The van der Waals surface area contributed by atoms with E-state index in [1.807, 2.05) is 12.1 Å². The first kappa shape index (κ1) is 21.2. The molecule has 0 atom stereocenters. The van der Waals surface area contributed by atoms with Crippen LogP contribution in [0.3, 0.4) is 0 Å². The van der Waals surface area contributed by atoms with Gasteiger partial charge in [0.25, 0.3) is 11.1 Å². The molecule has 27 heavy (non-hydrogen) atoms. The van der Waals surface area contributed by atoms with E-state index in [-0.39, 0.29) is 11.1 Å². The lowest BCUT2D eigenvalue weighted by molar-refractivity contribution is 0.535. The molecule has 0 aromatic carbocycles. The van der Waals surface area contributed by atoms with Crippen molar-refractivity contribution in [3.05, 3.63) is 40.4 Å². The quantitative estimate of drug-likeness (QED) is 0.271. The van der Waals surface area contributed by atoms with Crippen LogP contribution in [0.5, 0.6) is 0 Å². The van der Waals surface area contributed by atoms with Crippen LogP contribution < -0.4 is 11.1 Å². The number of hydrogen-bond donors (Lipinski definition) is 0. The van der Waals surface area contributed by atoms with E-state index < -0.39 is 0 Å². The van der Waals surface area contributed by atoms with E-state index in [9.17, 15) is 9.59 Å². The van der Waals surface area contributed by atoms with Crippen LogP contribution in [0, 0.1) is 0 Å². The van der Waals surface area contributed by atoms with Crippen LogP contribution in [-0.2, 0) is 6.54 Å². The molecule has 0 bridgehead atoms. The van der Waals surface area contributed by atoms with E-state index in [2.05, 4.69) is 38.8 Å².